The highest BCUT2D eigenvalue weighted by atomic mass is 32.1. The van der Waals surface area contributed by atoms with Crippen molar-refractivity contribution in [3.8, 4) is 11.9 Å². The van der Waals surface area contributed by atoms with Gasteiger partial charge in [0, 0.05) is 23.9 Å². The fourth-order valence-corrected chi connectivity index (χ4v) is 6.05. The Morgan fingerprint density at radius 2 is 2.03 bits per heavy atom. The van der Waals surface area contributed by atoms with Crippen LogP contribution >= 0.6 is 11.3 Å². The molecule has 2 heterocycles. The van der Waals surface area contributed by atoms with Crippen LogP contribution in [0, 0.1) is 11.3 Å². The van der Waals surface area contributed by atoms with Crippen molar-refractivity contribution in [3.63, 3.8) is 0 Å². The van der Waals surface area contributed by atoms with Crippen LogP contribution in [0.2, 0.25) is 0 Å². The predicted octanol–water partition coefficient (Wildman–Crippen LogP) is 5.58. The average molecular weight is 457 g/mol. The molecule has 2 aromatic rings. The first-order valence-electron chi connectivity index (χ1n) is 11.4. The van der Waals surface area contributed by atoms with E-state index in [1.807, 2.05) is 27.8 Å². The molecule has 172 valence electrons. The van der Waals surface area contributed by atoms with Gasteiger partial charge in [0.1, 0.15) is 22.9 Å². The molecule has 0 aliphatic heterocycles. The van der Waals surface area contributed by atoms with Crippen LogP contribution in [0.3, 0.4) is 0 Å². The summed E-state index contributed by atoms with van der Waals surface area (Å²) in [6.07, 6.45) is 7.21. The third kappa shape index (κ3) is 4.40. The van der Waals surface area contributed by atoms with Crippen molar-refractivity contribution in [2.75, 3.05) is 7.05 Å². The molecule has 1 amide bonds. The maximum atomic E-state index is 12.6. The monoisotopic (exact) mass is 456 g/mol. The molecule has 0 radical (unpaired) electrons. The smallest absolute Gasteiger partial charge is 0.410 e. The first kappa shape index (κ1) is 22.8. The number of thiophene rings is 1. The second kappa shape index (κ2) is 8.51. The van der Waals surface area contributed by atoms with Crippen LogP contribution in [0.25, 0.3) is 10.2 Å². The van der Waals surface area contributed by atoms with Gasteiger partial charge in [0.15, 0.2) is 0 Å². The summed E-state index contributed by atoms with van der Waals surface area (Å²) in [6, 6.07) is 2.33. The minimum absolute atomic E-state index is 0.0413. The maximum absolute atomic E-state index is 12.6. The summed E-state index contributed by atoms with van der Waals surface area (Å²) in [5, 5.41) is 10.2. The Labute approximate surface area is 193 Å². The van der Waals surface area contributed by atoms with Crippen molar-refractivity contribution in [1.29, 1.82) is 5.26 Å². The van der Waals surface area contributed by atoms with Gasteiger partial charge in [-0.3, -0.25) is 0 Å². The van der Waals surface area contributed by atoms with E-state index in [9.17, 15) is 10.1 Å². The summed E-state index contributed by atoms with van der Waals surface area (Å²) < 4.78 is 12.0. The first-order chi connectivity index (χ1) is 15.1. The molecular formula is C24H32N4O3S. The van der Waals surface area contributed by atoms with Crippen molar-refractivity contribution in [1.82, 2.24) is 14.9 Å². The van der Waals surface area contributed by atoms with E-state index >= 15 is 0 Å². The van der Waals surface area contributed by atoms with E-state index in [0.29, 0.717) is 12.3 Å². The summed E-state index contributed by atoms with van der Waals surface area (Å²) in [6.45, 7) is 7.78. The molecule has 8 heteroatoms. The molecule has 2 aromatic heterocycles. The molecule has 1 fully saturated rings. The number of amides is 1. The molecule has 0 saturated heterocycles. The van der Waals surface area contributed by atoms with E-state index in [4.69, 9.17) is 9.47 Å². The maximum Gasteiger partial charge on any atom is 0.410 e. The Kier molecular flexibility index (Phi) is 6.06. The van der Waals surface area contributed by atoms with Gasteiger partial charge in [0.05, 0.1) is 11.5 Å². The van der Waals surface area contributed by atoms with Crippen molar-refractivity contribution in [2.45, 2.75) is 95.8 Å². The number of carbonyl (C=O) groups excluding carboxylic acids is 1. The summed E-state index contributed by atoms with van der Waals surface area (Å²) >= 11 is 1.70. The van der Waals surface area contributed by atoms with E-state index in [0.717, 1.165) is 48.7 Å². The minimum Gasteiger partial charge on any atom is -0.474 e. The number of rotatable bonds is 4. The highest BCUT2D eigenvalue weighted by Crippen LogP contribution is 2.47. The van der Waals surface area contributed by atoms with Crippen LogP contribution in [0.1, 0.15) is 82.6 Å². The van der Waals surface area contributed by atoms with E-state index < -0.39 is 5.60 Å². The molecule has 1 atom stereocenters. The first-order valence-corrected chi connectivity index (χ1v) is 12.2. The van der Waals surface area contributed by atoms with Crippen LogP contribution in [-0.2, 0) is 11.2 Å². The normalized spacial score (nSPS) is 25.2. The zero-order chi connectivity index (χ0) is 23.1. The van der Waals surface area contributed by atoms with E-state index in [2.05, 4.69) is 23.0 Å². The highest BCUT2D eigenvalue weighted by molar-refractivity contribution is 7.19. The van der Waals surface area contributed by atoms with Gasteiger partial charge in [-0.05, 0) is 77.7 Å². The largest absolute Gasteiger partial charge is 0.474 e. The Morgan fingerprint density at radius 3 is 2.69 bits per heavy atom. The van der Waals surface area contributed by atoms with E-state index in [-0.39, 0.29) is 23.7 Å². The van der Waals surface area contributed by atoms with Gasteiger partial charge in [-0.25, -0.2) is 14.8 Å². The topological polar surface area (TPSA) is 88.3 Å². The lowest BCUT2D eigenvalue weighted by Gasteiger charge is -2.43. The number of fused-ring (bicyclic) bond motifs is 3. The zero-order valence-corrected chi connectivity index (χ0v) is 20.4. The fourth-order valence-electron chi connectivity index (χ4n) is 4.82. The molecule has 4 rings (SSSR count). The van der Waals surface area contributed by atoms with E-state index in [1.165, 1.54) is 10.4 Å². The SMILES string of the molecule is CN(C(=O)OC(C)(C)C)[C@]1(C)CC[C@@H](Oc2ncnc3sc4c(c23)[C@@H](CC#N)CC4)CC1. The van der Waals surface area contributed by atoms with Gasteiger partial charge in [0.2, 0.25) is 5.88 Å². The summed E-state index contributed by atoms with van der Waals surface area (Å²) in [5.41, 5.74) is 0.461. The van der Waals surface area contributed by atoms with Gasteiger partial charge in [-0.15, -0.1) is 11.3 Å². The third-order valence-electron chi connectivity index (χ3n) is 6.80. The Balaban J connectivity index is 1.47. The van der Waals surface area contributed by atoms with Gasteiger partial charge in [-0.2, -0.15) is 5.26 Å². The quantitative estimate of drug-likeness (QED) is 0.596. The van der Waals surface area contributed by atoms with Gasteiger partial charge in [-0.1, -0.05) is 0 Å². The lowest BCUT2D eigenvalue weighted by molar-refractivity contribution is -0.00903. The van der Waals surface area contributed by atoms with Crippen LogP contribution in [-0.4, -0.2) is 45.3 Å². The van der Waals surface area contributed by atoms with Crippen molar-refractivity contribution in [2.24, 2.45) is 0 Å². The fraction of sp³-hybridized carbons (Fsp3) is 0.667. The Hall–Kier alpha value is -2.40. The summed E-state index contributed by atoms with van der Waals surface area (Å²) in [7, 11) is 1.83. The molecule has 7 nitrogen and oxygen atoms in total. The zero-order valence-electron chi connectivity index (χ0n) is 19.6. The van der Waals surface area contributed by atoms with E-state index in [1.54, 1.807) is 22.6 Å². The van der Waals surface area contributed by atoms with Crippen molar-refractivity contribution in [3.05, 3.63) is 16.8 Å². The molecule has 0 N–H and O–H groups in total. The predicted molar refractivity (Wildman–Crippen MR) is 124 cm³/mol. The second-order valence-corrected chi connectivity index (χ2v) is 11.3. The Bertz CT molecular complexity index is 1040. The lowest BCUT2D eigenvalue weighted by Crippen LogP contribution is -2.51. The van der Waals surface area contributed by atoms with Crippen molar-refractivity contribution < 1.29 is 14.3 Å². The van der Waals surface area contributed by atoms with Crippen LogP contribution in [0.15, 0.2) is 6.33 Å². The Morgan fingerprint density at radius 1 is 1.31 bits per heavy atom. The van der Waals surface area contributed by atoms with Crippen LogP contribution < -0.4 is 4.74 Å². The summed E-state index contributed by atoms with van der Waals surface area (Å²) in [4.78, 5) is 25.6. The number of nitriles is 1. The minimum atomic E-state index is -0.509. The molecular weight excluding hydrogens is 424 g/mol. The van der Waals surface area contributed by atoms with Crippen LogP contribution in [0.5, 0.6) is 5.88 Å². The molecule has 1 saturated carbocycles. The number of aromatic nitrogens is 2. The van der Waals surface area contributed by atoms with Gasteiger partial charge in [0.25, 0.3) is 0 Å². The number of hydrogen-bond acceptors (Lipinski definition) is 7. The molecule has 2 aliphatic carbocycles. The summed E-state index contributed by atoms with van der Waals surface area (Å²) in [5.74, 6) is 0.890. The lowest BCUT2D eigenvalue weighted by atomic mass is 9.81. The highest BCUT2D eigenvalue weighted by Gasteiger charge is 2.39. The number of aryl methyl sites for hydroxylation is 1. The molecule has 0 bridgehead atoms. The second-order valence-electron chi connectivity index (χ2n) is 10.2. The molecule has 0 spiro atoms. The average Bonchev–Trinajstić information content (AvgIpc) is 3.28. The standard InChI is InChI=1S/C24H32N4O3S/c1-23(2,3)31-22(29)28(5)24(4)11-8-16(9-12-24)30-20-19-18-15(10-13-25)6-7-17(18)32-21(19)27-14-26-20/h14-16H,6-12H2,1-5H3/t15-,16-,24-/m1/s1. The molecule has 2 aliphatic rings. The number of nitrogens with zero attached hydrogens (tertiary/aromatic N) is 4. The third-order valence-corrected chi connectivity index (χ3v) is 7.97. The number of hydrogen-bond donors (Lipinski definition) is 0. The number of ether oxygens (including phenoxy) is 2. The molecule has 0 aromatic carbocycles. The van der Waals surface area contributed by atoms with Gasteiger partial charge >= 0.3 is 6.09 Å². The molecule has 0 unspecified atom stereocenters. The van der Waals surface area contributed by atoms with Crippen molar-refractivity contribution >= 4 is 27.6 Å². The number of carbonyl (C=O) groups is 1. The van der Waals surface area contributed by atoms with Crippen LogP contribution in [0.4, 0.5) is 4.79 Å². The van der Waals surface area contributed by atoms with Gasteiger partial charge < -0.3 is 14.4 Å². The molecule has 32 heavy (non-hydrogen) atoms.